The summed E-state index contributed by atoms with van der Waals surface area (Å²) in [4.78, 5) is 21.0. The second kappa shape index (κ2) is 8.10. The number of nitrogens with one attached hydrogen (secondary N) is 2. The monoisotopic (exact) mass is 361 g/mol. The molecule has 1 saturated carbocycles. The van der Waals surface area contributed by atoms with Gasteiger partial charge in [0, 0.05) is 23.9 Å². The molecular weight excluding hydrogens is 334 g/mol. The van der Waals surface area contributed by atoms with Gasteiger partial charge >= 0.3 is 0 Å². The predicted octanol–water partition coefficient (Wildman–Crippen LogP) is 2.61. The van der Waals surface area contributed by atoms with Crippen LogP contribution in [-0.4, -0.2) is 35.0 Å². The van der Waals surface area contributed by atoms with E-state index in [1.807, 2.05) is 11.3 Å². The number of hydrogen-bond donors (Lipinski definition) is 3. The summed E-state index contributed by atoms with van der Waals surface area (Å²) in [6, 6.07) is 1.25. The van der Waals surface area contributed by atoms with Crippen molar-refractivity contribution in [3.05, 3.63) is 16.8 Å². The van der Waals surface area contributed by atoms with Gasteiger partial charge in [-0.1, -0.05) is 0 Å². The Morgan fingerprint density at radius 3 is 2.56 bits per heavy atom. The lowest BCUT2D eigenvalue weighted by molar-refractivity contribution is -0.115. The van der Waals surface area contributed by atoms with E-state index in [0.717, 1.165) is 5.82 Å². The molecule has 0 aromatic carbocycles. The van der Waals surface area contributed by atoms with Crippen molar-refractivity contribution in [2.45, 2.75) is 64.0 Å². The van der Waals surface area contributed by atoms with Gasteiger partial charge in [0.05, 0.1) is 5.39 Å². The van der Waals surface area contributed by atoms with Crippen molar-refractivity contribution in [2.75, 3.05) is 12.4 Å². The van der Waals surface area contributed by atoms with Crippen LogP contribution in [0.2, 0.25) is 0 Å². The Labute approximate surface area is 152 Å². The zero-order valence-corrected chi connectivity index (χ0v) is 15.8. The summed E-state index contributed by atoms with van der Waals surface area (Å²) in [5, 5.41) is 8.42. The molecule has 2 heterocycles. The van der Waals surface area contributed by atoms with E-state index in [-0.39, 0.29) is 5.91 Å². The third-order valence-corrected chi connectivity index (χ3v) is 6.18. The van der Waals surface area contributed by atoms with Crippen LogP contribution in [0.3, 0.4) is 0 Å². The highest BCUT2D eigenvalue weighted by Gasteiger charge is 2.24. The van der Waals surface area contributed by atoms with E-state index < -0.39 is 0 Å². The lowest BCUT2D eigenvalue weighted by atomic mass is 9.91. The van der Waals surface area contributed by atoms with Crippen molar-refractivity contribution >= 4 is 33.3 Å². The second-order valence-corrected chi connectivity index (χ2v) is 7.94. The number of hydrogen-bond acceptors (Lipinski definition) is 6. The number of thiophene rings is 1. The van der Waals surface area contributed by atoms with Gasteiger partial charge in [0.25, 0.3) is 0 Å². The topological polar surface area (TPSA) is 92.9 Å². The summed E-state index contributed by atoms with van der Waals surface area (Å²) >= 11 is 1.87. The van der Waals surface area contributed by atoms with Gasteiger partial charge in [0.2, 0.25) is 5.91 Å². The first-order valence-electron chi connectivity index (χ1n) is 9.03. The number of rotatable bonds is 3. The normalized spacial score (nSPS) is 22.2. The summed E-state index contributed by atoms with van der Waals surface area (Å²) in [6.07, 6.45) is 10.4. The van der Waals surface area contributed by atoms with E-state index in [0.29, 0.717) is 12.1 Å². The molecule has 0 saturated heterocycles. The zero-order chi connectivity index (χ0) is 17.8. The highest BCUT2D eigenvalue weighted by molar-refractivity contribution is 7.19. The molecule has 1 fully saturated rings. The molecule has 0 unspecified atom stereocenters. The average molecular weight is 362 g/mol. The number of carbonyl (C=O) groups excluding carboxylic acids is 1. The summed E-state index contributed by atoms with van der Waals surface area (Å²) in [5.74, 6) is 0.743. The third-order valence-electron chi connectivity index (χ3n) is 4.98. The summed E-state index contributed by atoms with van der Waals surface area (Å²) in [6.45, 7) is 1.31. The van der Waals surface area contributed by atoms with Crippen molar-refractivity contribution in [1.82, 2.24) is 15.3 Å². The first-order valence-corrected chi connectivity index (χ1v) is 9.85. The molecule has 0 bridgehead atoms. The van der Waals surface area contributed by atoms with Crippen molar-refractivity contribution in [3.8, 4) is 0 Å². The van der Waals surface area contributed by atoms with Crippen molar-refractivity contribution in [2.24, 2.45) is 5.73 Å². The number of fused-ring (bicyclic) bond motifs is 3. The lowest BCUT2D eigenvalue weighted by Gasteiger charge is -2.29. The van der Waals surface area contributed by atoms with Crippen LogP contribution in [0, 0.1) is 0 Å². The van der Waals surface area contributed by atoms with Crippen LogP contribution in [0.4, 0.5) is 5.82 Å². The largest absolute Gasteiger partial charge is 0.370 e. The van der Waals surface area contributed by atoms with Crippen molar-refractivity contribution in [1.29, 1.82) is 0 Å². The minimum atomic E-state index is -0.333. The minimum absolute atomic E-state index is 0.333. The molecule has 0 spiro atoms. The maximum atomic E-state index is 9.22. The fourth-order valence-electron chi connectivity index (χ4n) is 3.76. The molecule has 6 nitrogen and oxygen atoms in total. The Kier molecular flexibility index (Phi) is 5.86. The van der Waals surface area contributed by atoms with Gasteiger partial charge in [-0.05, 0) is 57.6 Å². The van der Waals surface area contributed by atoms with Gasteiger partial charge in [-0.25, -0.2) is 9.97 Å². The van der Waals surface area contributed by atoms with E-state index in [2.05, 4.69) is 33.4 Å². The molecule has 2 aromatic rings. The molecule has 25 heavy (non-hydrogen) atoms. The second-order valence-electron chi connectivity index (χ2n) is 6.85. The number of carbonyl (C=O) groups is 1. The van der Waals surface area contributed by atoms with Crippen LogP contribution in [-0.2, 0) is 17.6 Å². The van der Waals surface area contributed by atoms with Gasteiger partial charge in [-0.15, -0.1) is 11.3 Å². The first kappa shape index (κ1) is 18.1. The van der Waals surface area contributed by atoms with Gasteiger partial charge in [-0.2, -0.15) is 0 Å². The van der Waals surface area contributed by atoms with Crippen LogP contribution in [0.5, 0.6) is 0 Å². The third kappa shape index (κ3) is 4.27. The van der Waals surface area contributed by atoms with Gasteiger partial charge in [0.15, 0.2) is 0 Å². The molecule has 4 N–H and O–H groups in total. The maximum absolute atomic E-state index is 9.22. The van der Waals surface area contributed by atoms with Crippen molar-refractivity contribution < 1.29 is 4.79 Å². The van der Waals surface area contributed by atoms with E-state index >= 15 is 0 Å². The van der Waals surface area contributed by atoms with Gasteiger partial charge in [0.1, 0.15) is 17.0 Å². The fourth-order valence-corrected chi connectivity index (χ4v) is 4.99. The molecule has 2 aromatic heterocycles. The van der Waals surface area contributed by atoms with E-state index in [4.69, 9.17) is 0 Å². The Hall–Kier alpha value is -1.73. The number of nitrogens with zero attached hydrogens (tertiary/aromatic N) is 2. The molecular formula is C18H27N5OS. The lowest BCUT2D eigenvalue weighted by Crippen LogP contribution is -2.35. The number of primary amides is 1. The van der Waals surface area contributed by atoms with Gasteiger partial charge in [-0.3, -0.25) is 4.79 Å². The molecule has 1 amide bonds. The molecule has 0 atom stereocenters. The van der Waals surface area contributed by atoms with E-state index in [9.17, 15) is 4.79 Å². The Morgan fingerprint density at radius 1 is 1.20 bits per heavy atom. The SMILES string of the molecule is CC(N)=O.CNC1CCC(Nc2ncnc3sc4c(c23)CCC4)CC1. The standard InChI is InChI=1S/C16H22N4S.C2H5NO/c1-17-10-5-7-11(8-6-10)20-15-14-12-3-2-4-13(12)21-16(14)19-9-18-15;1-2(3)4/h9-11,17H,2-8H2,1H3,(H,18,19,20);1H3,(H2,3,4). The zero-order valence-electron chi connectivity index (χ0n) is 15.0. The quantitative estimate of drug-likeness (QED) is 0.781. The minimum Gasteiger partial charge on any atom is -0.370 e. The molecule has 7 heteroatoms. The number of anilines is 1. The Morgan fingerprint density at radius 2 is 1.88 bits per heavy atom. The Bertz CT molecular complexity index is 732. The molecule has 0 aliphatic heterocycles. The maximum Gasteiger partial charge on any atom is 0.214 e. The number of aromatic nitrogens is 2. The Balaban J connectivity index is 0.000000415. The van der Waals surface area contributed by atoms with Crippen LogP contribution >= 0.6 is 11.3 Å². The number of nitrogens with two attached hydrogens (primary N) is 1. The smallest absolute Gasteiger partial charge is 0.214 e. The van der Waals surface area contributed by atoms with Crippen LogP contribution < -0.4 is 16.4 Å². The molecule has 2 aliphatic carbocycles. The summed E-state index contributed by atoms with van der Waals surface area (Å²) in [5.41, 5.74) is 5.99. The highest BCUT2D eigenvalue weighted by atomic mass is 32.1. The number of amides is 1. The predicted molar refractivity (Wildman–Crippen MR) is 103 cm³/mol. The molecule has 0 radical (unpaired) electrons. The fraction of sp³-hybridized carbons (Fsp3) is 0.611. The summed E-state index contributed by atoms with van der Waals surface area (Å²) < 4.78 is 0. The van der Waals surface area contributed by atoms with E-state index in [1.165, 1.54) is 72.5 Å². The molecule has 2 aliphatic rings. The number of aryl methyl sites for hydroxylation is 2. The molecule has 136 valence electrons. The van der Waals surface area contributed by atoms with Gasteiger partial charge < -0.3 is 16.4 Å². The highest BCUT2D eigenvalue weighted by Crippen LogP contribution is 2.39. The van der Waals surface area contributed by atoms with Crippen LogP contribution in [0.25, 0.3) is 10.2 Å². The summed E-state index contributed by atoms with van der Waals surface area (Å²) in [7, 11) is 2.07. The first-order chi connectivity index (χ1) is 12.1. The van der Waals surface area contributed by atoms with E-state index in [1.54, 1.807) is 6.33 Å². The average Bonchev–Trinajstić information content (AvgIpc) is 3.16. The molecule has 4 rings (SSSR count). The van der Waals surface area contributed by atoms with Crippen LogP contribution in [0.1, 0.15) is 49.5 Å². The van der Waals surface area contributed by atoms with Crippen molar-refractivity contribution in [3.63, 3.8) is 0 Å². The van der Waals surface area contributed by atoms with Crippen LogP contribution in [0.15, 0.2) is 6.33 Å².